The molecule has 3 aromatic rings. The molecule has 2 aliphatic heterocycles. The second kappa shape index (κ2) is 10.2. The van der Waals surface area contributed by atoms with E-state index in [4.69, 9.17) is 10.6 Å². The molecule has 2 atom stereocenters. The van der Waals surface area contributed by atoms with Gasteiger partial charge in [-0.05, 0) is 25.3 Å². The number of nitrogen functional groups attached to an aromatic ring is 1. The number of nitrogens with two attached hydrogens (primary N) is 1. The van der Waals surface area contributed by atoms with E-state index < -0.39 is 40.8 Å². The van der Waals surface area contributed by atoms with E-state index in [2.05, 4.69) is 15.5 Å². The summed E-state index contributed by atoms with van der Waals surface area (Å²) in [4.78, 5) is 61.5. The Morgan fingerprint density at radius 1 is 1.32 bits per heavy atom. The van der Waals surface area contributed by atoms with Crippen LogP contribution in [0.5, 0.6) is 0 Å². The van der Waals surface area contributed by atoms with Gasteiger partial charge in [0.05, 0.1) is 12.4 Å². The molecule has 0 spiro atoms. The Morgan fingerprint density at radius 3 is 2.70 bits per heavy atom. The summed E-state index contributed by atoms with van der Waals surface area (Å²) < 4.78 is 3.83. The molecular formula is C23H24N7O7S3+. The molecule has 0 aromatic carbocycles. The Kier molecular flexibility index (Phi) is 7.05. The predicted octanol–water partition coefficient (Wildman–Crippen LogP) is 0.589. The summed E-state index contributed by atoms with van der Waals surface area (Å²) in [6, 6.07) is 0.932. The zero-order chi connectivity index (χ0) is 28.9. The van der Waals surface area contributed by atoms with E-state index in [0.717, 1.165) is 21.6 Å². The highest BCUT2D eigenvalue weighted by atomic mass is 32.2. The van der Waals surface area contributed by atoms with E-state index in [1.165, 1.54) is 35.9 Å². The van der Waals surface area contributed by atoms with Gasteiger partial charge in [0.2, 0.25) is 11.8 Å². The number of aryl methyl sites for hydroxylation is 1. The Labute approximate surface area is 238 Å². The molecule has 0 radical (unpaired) electrons. The Bertz CT molecular complexity index is 1620. The van der Waals surface area contributed by atoms with Crippen molar-refractivity contribution in [2.75, 3.05) is 11.5 Å². The van der Waals surface area contributed by atoms with Gasteiger partial charge in [0.15, 0.2) is 22.2 Å². The van der Waals surface area contributed by atoms with Crippen LogP contribution in [0, 0.1) is 0 Å². The number of carbonyl (C=O) groups is 4. The van der Waals surface area contributed by atoms with Crippen LogP contribution in [0.4, 0.5) is 5.13 Å². The number of thiophene rings is 1. The topological polar surface area (TPSA) is 193 Å². The van der Waals surface area contributed by atoms with Gasteiger partial charge in [-0.2, -0.15) is 0 Å². The van der Waals surface area contributed by atoms with Gasteiger partial charge in [-0.3, -0.25) is 14.5 Å². The Hall–Kier alpha value is -3.96. The zero-order valence-corrected chi connectivity index (χ0v) is 23.8. The summed E-state index contributed by atoms with van der Waals surface area (Å²) in [6.07, 6.45) is 1.93. The summed E-state index contributed by atoms with van der Waals surface area (Å²) >= 11 is 3.94. The van der Waals surface area contributed by atoms with Crippen LogP contribution in [0.15, 0.2) is 39.4 Å². The largest absolute Gasteiger partial charge is 0.478 e. The molecule has 5 rings (SSSR count). The lowest BCUT2D eigenvalue weighted by atomic mass is 10.0. The van der Waals surface area contributed by atoms with Crippen LogP contribution in [-0.4, -0.2) is 77.0 Å². The number of fused-ring (bicyclic) bond motifs is 2. The van der Waals surface area contributed by atoms with Crippen LogP contribution in [0.25, 0.3) is 10.2 Å². The van der Waals surface area contributed by atoms with Gasteiger partial charge in [-0.15, -0.1) is 43.8 Å². The number of carbonyl (C=O) groups excluding carboxylic acids is 2. The maximum atomic E-state index is 13.2. The molecule has 5 N–H and O–H groups in total. The van der Waals surface area contributed by atoms with E-state index >= 15 is 0 Å². The first-order chi connectivity index (χ1) is 18.9. The molecule has 0 aliphatic carbocycles. The molecule has 210 valence electrons. The first kappa shape index (κ1) is 27.6. The van der Waals surface area contributed by atoms with E-state index in [0.29, 0.717) is 11.3 Å². The molecule has 2 aliphatic rings. The number of aromatic nitrogens is 3. The molecule has 5 heterocycles. The fraction of sp³-hybridized carbons (Fsp3) is 0.348. The van der Waals surface area contributed by atoms with Crippen LogP contribution in [-0.2, 0) is 37.6 Å². The molecule has 40 heavy (non-hydrogen) atoms. The van der Waals surface area contributed by atoms with Gasteiger partial charge >= 0.3 is 11.9 Å². The normalized spacial score (nSPS) is 19.4. The highest BCUT2D eigenvalue weighted by Crippen LogP contribution is 2.40. The van der Waals surface area contributed by atoms with E-state index in [1.54, 1.807) is 11.3 Å². The molecule has 1 fully saturated rings. The number of carboxylic acids is 2. The minimum absolute atomic E-state index is 0.0361. The first-order valence-corrected chi connectivity index (χ1v) is 14.5. The average Bonchev–Trinajstić information content (AvgIpc) is 3.60. The number of rotatable bonds is 9. The summed E-state index contributed by atoms with van der Waals surface area (Å²) in [7, 11) is 1.88. The minimum Gasteiger partial charge on any atom is -0.478 e. The highest BCUT2D eigenvalue weighted by molar-refractivity contribution is 8.00. The predicted molar refractivity (Wildman–Crippen MR) is 147 cm³/mol. The van der Waals surface area contributed by atoms with E-state index in [1.807, 2.05) is 34.1 Å². The number of carboxylic acid groups (broad SMARTS) is 2. The van der Waals surface area contributed by atoms with Gasteiger partial charge in [0.25, 0.3) is 11.8 Å². The van der Waals surface area contributed by atoms with Crippen LogP contribution < -0.4 is 15.7 Å². The van der Waals surface area contributed by atoms with Crippen LogP contribution in [0.2, 0.25) is 0 Å². The summed E-state index contributed by atoms with van der Waals surface area (Å²) in [5.41, 5.74) is 4.06. The second-order valence-corrected chi connectivity index (χ2v) is 12.4. The van der Waals surface area contributed by atoms with Crippen LogP contribution in [0.1, 0.15) is 19.5 Å². The SMILES string of the molecule is Cn1c2sccc2c[n+]1CC1=C(C(=O)O)N2C(=O)[C@@H](NC(=O)/C(=N\OC(C)(C)C(=O)O)c3csc(N)n3)[C@H]2SC1. The first-order valence-electron chi connectivity index (χ1n) is 11.7. The highest BCUT2D eigenvalue weighted by Gasteiger charge is 2.55. The molecule has 3 aromatic heterocycles. The molecule has 0 unspecified atom stereocenters. The number of amides is 2. The van der Waals surface area contributed by atoms with Crippen molar-refractivity contribution in [3.8, 4) is 0 Å². The third-order valence-electron chi connectivity index (χ3n) is 6.39. The fourth-order valence-electron chi connectivity index (χ4n) is 4.20. The second-order valence-electron chi connectivity index (χ2n) is 9.47. The van der Waals surface area contributed by atoms with Crippen molar-refractivity contribution in [2.45, 2.75) is 37.4 Å². The third kappa shape index (κ3) is 4.79. The lowest BCUT2D eigenvalue weighted by Crippen LogP contribution is -2.71. The number of hydrogen-bond acceptors (Lipinski definition) is 11. The fourth-order valence-corrected chi connectivity index (χ4v) is 6.94. The minimum atomic E-state index is -1.75. The lowest BCUT2D eigenvalue weighted by Gasteiger charge is -2.49. The molecule has 1 saturated heterocycles. The summed E-state index contributed by atoms with van der Waals surface area (Å²) in [6.45, 7) is 2.78. The number of hydrogen-bond donors (Lipinski definition) is 4. The van der Waals surface area contributed by atoms with Gasteiger partial charge in [0, 0.05) is 16.7 Å². The zero-order valence-electron chi connectivity index (χ0n) is 21.4. The van der Waals surface area contributed by atoms with E-state index in [9.17, 15) is 29.4 Å². The van der Waals surface area contributed by atoms with Crippen LogP contribution >= 0.6 is 34.4 Å². The van der Waals surface area contributed by atoms with Crippen molar-refractivity contribution in [3.05, 3.63) is 40.0 Å². The molecule has 14 nitrogen and oxygen atoms in total. The number of nitrogens with zero attached hydrogens (tertiary/aromatic N) is 5. The molecule has 17 heteroatoms. The molecule has 2 amide bonds. The maximum Gasteiger partial charge on any atom is 0.352 e. The summed E-state index contributed by atoms with van der Waals surface area (Å²) in [5.74, 6) is -3.67. The lowest BCUT2D eigenvalue weighted by molar-refractivity contribution is -0.764. The third-order valence-corrected chi connectivity index (χ3v) is 9.40. The van der Waals surface area contributed by atoms with Gasteiger partial charge in [-0.25, -0.2) is 14.6 Å². The molecule has 0 saturated carbocycles. The van der Waals surface area contributed by atoms with Crippen molar-refractivity contribution >= 4 is 79.2 Å². The van der Waals surface area contributed by atoms with Gasteiger partial charge in [-0.1, -0.05) is 5.16 Å². The maximum absolute atomic E-state index is 13.2. The Balaban J connectivity index is 1.37. The number of oxime groups is 1. The monoisotopic (exact) mass is 606 g/mol. The molecule has 0 bridgehead atoms. The van der Waals surface area contributed by atoms with Crippen molar-refractivity contribution < 1.29 is 38.9 Å². The average molecular weight is 607 g/mol. The van der Waals surface area contributed by atoms with Gasteiger partial charge in [0.1, 0.15) is 22.8 Å². The smallest absolute Gasteiger partial charge is 0.352 e. The standard InChI is InChI=1S/C23H23N7O7S3/c1-23(2,21(35)36)37-27-13(12-9-40-22(24)25-12)16(31)26-14-17(32)30-15(20(33)34)11(8-39-19(14)30)7-29-6-10-4-5-38-18(10)28(29)3/h4-6,9,14,19H,7-8H2,1-3H3,(H4-,24,25,26,31,33,34,35,36)/p+1/b27-13-/t14-,19-/m1/s1. The quantitative estimate of drug-likeness (QED) is 0.116. The number of β-lactam (4-membered cyclic amide) rings is 1. The van der Waals surface area contributed by atoms with E-state index in [-0.39, 0.29) is 28.8 Å². The van der Waals surface area contributed by atoms with Crippen molar-refractivity contribution in [3.63, 3.8) is 0 Å². The van der Waals surface area contributed by atoms with Crippen molar-refractivity contribution in [2.24, 2.45) is 12.2 Å². The van der Waals surface area contributed by atoms with Gasteiger partial charge < -0.3 is 26.1 Å². The number of thiazole rings is 1. The number of nitrogens with one attached hydrogen (secondary N) is 1. The van der Waals surface area contributed by atoms with Crippen molar-refractivity contribution in [1.82, 2.24) is 19.9 Å². The van der Waals surface area contributed by atoms with Crippen molar-refractivity contribution in [1.29, 1.82) is 0 Å². The number of anilines is 1. The Morgan fingerprint density at radius 2 is 2.08 bits per heavy atom. The number of aliphatic carboxylic acids is 2. The number of thioether (sulfide) groups is 1. The summed E-state index contributed by atoms with van der Waals surface area (Å²) in [5, 5.41) is 29.6. The molecular weight excluding hydrogens is 582 g/mol. The van der Waals surface area contributed by atoms with Crippen LogP contribution in [0.3, 0.4) is 0 Å².